The van der Waals surface area contributed by atoms with E-state index < -0.39 is 16.0 Å². The van der Waals surface area contributed by atoms with E-state index in [1.807, 2.05) is 6.92 Å². The van der Waals surface area contributed by atoms with Crippen molar-refractivity contribution in [3.63, 3.8) is 0 Å². The molecule has 6 nitrogen and oxygen atoms in total. The van der Waals surface area contributed by atoms with E-state index >= 15 is 0 Å². The smallest absolute Gasteiger partial charge is 0.343 e. The first-order valence-corrected chi connectivity index (χ1v) is 10.8. The van der Waals surface area contributed by atoms with Crippen molar-refractivity contribution in [3.05, 3.63) is 53.1 Å². The Labute approximate surface area is 170 Å². The topological polar surface area (TPSA) is 72.9 Å². The summed E-state index contributed by atoms with van der Waals surface area (Å²) in [6.45, 7) is 2.33. The Kier molecular flexibility index (Phi) is 6.27. The predicted molar refractivity (Wildman–Crippen MR) is 107 cm³/mol. The molecule has 2 aromatic rings. The third-order valence-electron chi connectivity index (χ3n) is 4.77. The highest BCUT2D eigenvalue weighted by Gasteiger charge is 2.33. The highest BCUT2D eigenvalue weighted by Crippen LogP contribution is 2.32. The maximum absolute atomic E-state index is 13.2. The summed E-state index contributed by atoms with van der Waals surface area (Å²) in [6.07, 6.45) is 2.60. The zero-order valence-corrected chi connectivity index (χ0v) is 17.3. The lowest BCUT2D eigenvalue weighted by Crippen LogP contribution is -2.42. The van der Waals surface area contributed by atoms with Crippen molar-refractivity contribution in [1.82, 2.24) is 4.31 Å². The van der Waals surface area contributed by atoms with Gasteiger partial charge in [-0.2, -0.15) is 4.31 Å². The molecule has 0 spiro atoms. The molecule has 0 radical (unpaired) electrons. The second kappa shape index (κ2) is 8.51. The summed E-state index contributed by atoms with van der Waals surface area (Å²) in [6, 6.07) is 10.7. The van der Waals surface area contributed by atoms with Crippen LogP contribution in [-0.4, -0.2) is 38.4 Å². The van der Waals surface area contributed by atoms with E-state index in [0.29, 0.717) is 11.6 Å². The Balaban J connectivity index is 1.96. The number of hydrogen-bond donors (Lipinski definition) is 0. The fourth-order valence-electron chi connectivity index (χ4n) is 3.25. The van der Waals surface area contributed by atoms with Crippen LogP contribution in [0.2, 0.25) is 5.02 Å². The fourth-order valence-corrected chi connectivity index (χ4v) is 5.30. The number of halogens is 1. The van der Waals surface area contributed by atoms with E-state index in [9.17, 15) is 13.2 Å². The van der Waals surface area contributed by atoms with Crippen molar-refractivity contribution in [1.29, 1.82) is 0 Å². The van der Waals surface area contributed by atoms with Crippen LogP contribution in [-0.2, 0) is 10.0 Å². The maximum atomic E-state index is 13.2. The highest BCUT2D eigenvalue weighted by molar-refractivity contribution is 7.89. The van der Waals surface area contributed by atoms with Crippen LogP contribution < -0.4 is 9.47 Å². The minimum Gasteiger partial charge on any atom is -0.495 e. The van der Waals surface area contributed by atoms with Crippen molar-refractivity contribution in [2.24, 2.45) is 0 Å². The second-order valence-corrected chi connectivity index (χ2v) is 8.91. The summed E-state index contributed by atoms with van der Waals surface area (Å²) < 4.78 is 38.5. The first kappa shape index (κ1) is 20.6. The van der Waals surface area contributed by atoms with Gasteiger partial charge in [0, 0.05) is 12.6 Å². The number of methoxy groups -OCH3 is 1. The fraction of sp³-hybridized carbons (Fsp3) is 0.350. The molecule has 0 amide bonds. The number of ether oxygens (including phenoxy) is 2. The minimum atomic E-state index is -3.82. The van der Waals surface area contributed by atoms with Gasteiger partial charge in [-0.3, -0.25) is 0 Å². The number of carbonyl (C=O) groups excluding carboxylic acids is 1. The molecule has 1 heterocycles. The number of benzene rings is 2. The van der Waals surface area contributed by atoms with Crippen LogP contribution in [0.5, 0.6) is 11.5 Å². The van der Waals surface area contributed by atoms with E-state index in [4.69, 9.17) is 21.1 Å². The first-order chi connectivity index (χ1) is 13.3. The van der Waals surface area contributed by atoms with E-state index in [1.54, 1.807) is 24.3 Å². The van der Waals surface area contributed by atoms with Crippen molar-refractivity contribution < 1.29 is 22.7 Å². The van der Waals surface area contributed by atoms with Gasteiger partial charge >= 0.3 is 5.97 Å². The Morgan fingerprint density at radius 3 is 2.57 bits per heavy atom. The number of esters is 1. The highest BCUT2D eigenvalue weighted by atomic mass is 35.5. The molecule has 0 N–H and O–H groups in total. The zero-order chi connectivity index (χ0) is 20.3. The molecule has 1 aliphatic rings. The Bertz CT molecular complexity index is 976. The van der Waals surface area contributed by atoms with Gasteiger partial charge in [0.1, 0.15) is 16.4 Å². The van der Waals surface area contributed by atoms with E-state index in [1.165, 1.54) is 29.6 Å². The molecular formula is C20H22ClNO5S. The quantitative estimate of drug-likeness (QED) is 0.534. The van der Waals surface area contributed by atoms with Crippen LogP contribution in [0, 0.1) is 0 Å². The van der Waals surface area contributed by atoms with Crippen LogP contribution in [0.4, 0.5) is 0 Å². The van der Waals surface area contributed by atoms with E-state index in [-0.39, 0.29) is 28.0 Å². The monoisotopic (exact) mass is 423 g/mol. The normalized spacial score (nSPS) is 17.9. The summed E-state index contributed by atoms with van der Waals surface area (Å²) in [5, 5.41) is 0.291. The molecule has 0 aromatic heterocycles. The molecule has 3 rings (SSSR count). The van der Waals surface area contributed by atoms with Crippen LogP contribution in [0.1, 0.15) is 36.5 Å². The lowest BCUT2D eigenvalue weighted by atomic mass is 10.1. The van der Waals surface area contributed by atoms with Crippen molar-refractivity contribution in [2.45, 2.75) is 37.1 Å². The van der Waals surface area contributed by atoms with Gasteiger partial charge in [-0.25, -0.2) is 13.2 Å². The van der Waals surface area contributed by atoms with Gasteiger partial charge in [0.25, 0.3) is 0 Å². The summed E-state index contributed by atoms with van der Waals surface area (Å²) >= 11 is 6.03. The Morgan fingerprint density at radius 2 is 1.89 bits per heavy atom. The molecule has 28 heavy (non-hydrogen) atoms. The first-order valence-electron chi connectivity index (χ1n) is 9.01. The number of rotatable bonds is 5. The Morgan fingerprint density at radius 1 is 1.14 bits per heavy atom. The number of hydrogen-bond acceptors (Lipinski definition) is 5. The average Bonchev–Trinajstić information content (AvgIpc) is 2.69. The molecular weight excluding hydrogens is 402 g/mol. The van der Waals surface area contributed by atoms with Gasteiger partial charge in [0.2, 0.25) is 10.0 Å². The zero-order valence-electron chi connectivity index (χ0n) is 15.7. The molecule has 1 saturated heterocycles. The molecule has 1 atom stereocenters. The molecule has 0 saturated carbocycles. The third-order valence-corrected chi connectivity index (χ3v) is 7.11. The lowest BCUT2D eigenvalue weighted by molar-refractivity contribution is 0.0734. The second-order valence-electron chi connectivity index (χ2n) is 6.65. The molecule has 0 aliphatic carbocycles. The van der Waals surface area contributed by atoms with Crippen molar-refractivity contribution >= 4 is 27.6 Å². The summed E-state index contributed by atoms with van der Waals surface area (Å²) in [7, 11) is -2.42. The molecule has 1 aliphatic heterocycles. The van der Waals surface area contributed by atoms with Gasteiger partial charge in [0.15, 0.2) is 0 Å². The van der Waals surface area contributed by atoms with Crippen molar-refractivity contribution in [3.8, 4) is 11.5 Å². The Hall–Kier alpha value is -2.09. The van der Waals surface area contributed by atoms with Crippen LogP contribution >= 0.6 is 11.6 Å². The summed E-state index contributed by atoms with van der Waals surface area (Å²) in [5.41, 5.74) is 0.101. The van der Waals surface area contributed by atoms with Gasteiger partial charge in [-0.1, -0.05) is 30.2 Å². The van der Waals surface area contributed by atoms with Crippen LogP contribution in [0.15, 0.2) is 47.4 Å². The van der Waals surface area contributed by atoms with Gasteiger partial charge in [-0.05, 0) is 50.1 Å². The van der Waals surface area contributed by atoms with Gasteiger partial charge in [0.05, 0.1) is 17.7 Å². The third kappa shape index (κ3) is 4.16. The van der Waals surface area contributed by atoms with Gasteiger partial charge < -0.3 is 9.47 Å². The predicted octanol–water partition coefficient (Wildman–Crippen LogP) is 4.13. The molecule has 2 aromatic carbocycles. The molecule has 1 fully saturated rings. The maximum Gasteiger partial charge on any atom is 0.343 e. The van der Waals surface area contributed by atoms with Crippen LogP contribution in [0.3, 0.4) is 0 Å². The molecule has 0 bridgehead atoms. The number of sulfonamides is 1. The van der Waals surface area contributed by atoms with Gasteiger partial charge in [-0.15, -0.1) is 0 Å². The summed E-state index contributed by atoms with van der Waals surface area (Å²) in [5.74, 6) is -0.301. The number of carbonyl (C=O) groups is 1. The minimum absolute atomic E-state index is 0.0441. The standard InChI is InChI=1S/C20H22ClNO5S/c1-14-7-5-6-12-22(14)28(24,25)19-13-15(10-11-18(19)26-2)20(23)27-17-9-4-3-8-16(17)21/h3-4,8-11,13-14H,5-7,12H2,1-2H3. The van der Waals surface area contributed by atoms with Crippen molar-refractivity contribution in [2.75, 3.05) is 13.7 Å². The number of para-hydroxylation sites is 1. The van der Waals surface area contributed by atoms with Crippen LogP contribution in [0.25, 0.3) is 0 Å². The molecule has 150 valence electrons. The lowest BCUT2D eigenvalue weighted by Gasteiger charge is -2.32. The largest absolute Gasteiger partial charge is 0.495 e. The number of piperidine rings is 1. The number of nitrogens with zero attached hydrogens (tertiary/aromatic N) is 1. The SMILES string of the molecule is COc1ccc(C(=O)Oc2ccccc2Cl)cc1S(=O)(=O)N1CCCCC1C. The summed E-state index contributed by atoms with van der Waals surface area (Å²) in [4.78, 5) is 12.5. The van der Waals surface area contributed by atoms with E-state index in [2.05, 4.69) is 0 Å². The van der Waals surface area contributed by atoms with E-state index in [0.717, 1.165) is 19.3 Å². The average molecular weight is 424 g/mol. The molecule has 8 heteroatoms. The molecule has 1 unspecified atom stereocenters.